The van der Waals surface area contributed by atoms with Crippen LogP contribution in [0.4, 0.5) is 5.69 Å². The number of nitrogens with zero attached hydrogens (tertiary/aromatic N) is 1. The van der Waals surface area contributed by atoms with Gasteiger partial charge in [-0.05, 0) is 32.0 Å². The zero-order chi connectivity index (χ0) is 14.6. The number of likely N-dealkylation sites (N-methyl/N-ethyl adjacent to an activating group) is 1. The molecule has 19 heavy (non-hydrogen) atoms. The zero-order valence-electron chi connectivity index (χ0n) is 12.1. The first kappa shape index (κ1) is 15.4. The standard InChI is InChI=1S/C14H22N2O3/c1-9(2)14(10(3)15-4)12-7-6-11(19-5)8-13(12)16(17)18/h6-10,14-15H,1-5H3. The summed E-state index contributed by atoms with van der Waals surface area (Å²) in [4.78, 5) is 10.9. The van der Waals surface area contributed by atoms with Gasteiger partial charge in [0.15, 0.2) is 0 Å². The molecule has 0 radical (unpaired) electrons. The SMILES string of the molecule is CNC(C)C(c1ccc(OC)cc1[N+](=O)[O-])C(C)C. The molecule has 0 aliphatic rings. The molecular formula is C14H22N2O3. The van der Waals surface area contributed by atoms with Gasteiger partial charge in [0.25, 0.3) is 5.69 Å². The van der Waals surface area contributed by atoms with E-state index in [4.69, 9.17) is 4.74 Å². The molecule has 1 N–H and O–H groups in total. The van der Waals surface area contributed by atoms with Crippen molar-refractivity contribution in [3.63, 3.8) is 0 Å². The van der Waals surface area contributed by atoms with Crippen molar-refractivity contribution in [2.75, 3.05) is 14.2 Å². The average molecular weight is 266 g/mol. The maximum absolute atomic E-state index is 11.3. The van der Waals surface area contributed by atoms with E-state index in [1.54, 1.807) is 12.1 Å². The van der Waals surface area contributed by atoms with Crippen molar-refractivity contribution in [1.29, 1.82) is 0 Å². The minimum Gasteiger partial charge on any atom is -0.497 e. The van der Waals surface area contributed by atoms with Gasteiger partial charge in [0.1, 0.15) is 5.75 Å². The molecule has 0 bridgehead atoms. The predicted molar refractivity (Wildman–Crippen MR) is 75.7 cm³/mol. The molecule has 0 aromatic heterocycles. The summed E-state index contributed by atoms with van der Waals surface area (Å²) in [5.74, 6) is 0.890. The Morgan fingerprint density at radius 3 is 2.37 bits per heavy atom. The lowest BCUT2D eigenvalue weighted by Crippen LogP contribution is -2.32. The summed E-state index contributed by atoms with van der Waals surface area (Å²) in [5, 5.41) is 14.4. The fraction of sp³-hybridized carbons (Fsp3) is 0.571. The second-order valence-electron chi connectivity index (χ2n) is 5.03. The van der Waals surface area contributed by atoms with Crippen molar-refractivity contribution in [3.8, 4) is 5.75 Å². The summed E-state index contributed by atoms with van der Waals surface area (Å²) >= 11 is 0. The second-order valence-corrected chi connectivity index (χ2v) is 5.03. The van der Waals surface area contributed by atoms with Gasteiger partial charge in [0, 0.05) is 17.5 Å². The summed E-state index contributed by atoms with van der Waals surface area (Å²) in [6, 6.07) is 5.23. The third kappa shape index (κ3) is 3.44. The van der Waals surface area contributed by atoms with E-state index in [2.05, 4.69) is 19.2 Å². The van der Waals surface area contributed by atoms with E-state index < -0.39 is 0 Å². The van der Waals surface area contributed by atoms with Gasteiger partial charge in [-0.3, -0.25) is 10.1 Å². The maximum Gasteiger partial charge on any atom is 0.276 e. The van der Waals surface area contributed by atoms with Gasteiger partial charge in [-0.25, -0.2) is 0 Å². The highest BCUT2D eigenvalue weighted by Crippen LogP contribution is 2.36. The molecule has 5 nitrogen and oxygen atoms in total. The quantitative estimate of drug-likeness (QED) is 0.635. The Hall–Kier alpha value is -1.62. The topological polar surface area (TPSA) is 64.4 Å². The van der Waals surface area contributed by atoms with Crippen molar-refractivity contribution < 1.29 is 9.66 Å². The lowest BCUT2D eigenvalue weighted by Gasteiger charge is -2.27. The number of nitro benzene ring substituents is 1. The third-order valence-electron chi connectivity index (χ3n) is 3.51. The average Bonchev–Trinajstić information content (AvgIpc) is 2.38. The van der Waals surface area contributed by atoms with E-state index in [9.17, 15) is 10.1 Å². The summed E-state index contributed by atoms with van der Waals surface area (Å²) in [6.45, 7) is 6.19. The molecule has 0 spiro atoms. The summed E-state index contributed by atoms with van der Waals surface area (Å²) in [5.41, 5.74) is 0.878. The van der Waals surface area contributed by atoms with Crippen molar-refractivity contribution in [1.82, 2.24) is 5.32 Å². The Labute approximate surface area is 114 Å². The van der Waals surface area contributed by atoms with E-state index in [1.807, 2.05) is 14.0 Å². The smallest absolute Gasteiger partial charge is 0.276 e. The van der Waals surface area contributed by atoms with Gasteiger partial charge in [0.2, 0.25) is 0 Å². The molecule has 2 atom stereocenters. The number of ether oxygens (including phenoxy) is 1. The molecule has 0 aliphatic heterocycles. The number of nitrogens with one attached hydrogen (secondary N) is 1. The number of hydrogen-bond acceptors (Lipinski definition) is 4. The molecule has 0 fully saturated rings. The Balaban J connectivity index is 3.33. The summed E-state index contributed by atoms with van der Waals surface area (Å²) < 4.78 is 5.07. The number of nitro groups is 1. The summed E-state index contributed by atoms with van der Waals surface area (Å²) in [6.07, 6.45) is 0. The minimum absolute atomic E-state index is 0.0799. The second kappa shape index (κ2) is 6.52. The van der Waals surface area contributed by atoms with E-state index in [1.165, 1.54) is 13.2 Å². The fourth-order valence-corrected chi connectivity index (χ4v) is 2.48. The number of rotatable bonds is 6. The van der Waals surface area contributed by atoms with Crippen LogP contribution in [0.1, 0.15) is 32.3 Å². The van der Waals surface area contributed by atoms with E-state index >= 15 is 0 Å². The van der Waals surface area contributed by atoms with Crippen LogP contribution >= 0.6 is 0 Å². The van der Waals surface area contributed by atoms with E-state index in [0.29, 0.717) is 11.7 Å². The first-order valence-electron chi connectivity index (χ1n) is 6.42. The number of methoxy groups -OCH3 is 1. The Morgan fingerprint density at radius 1 is 1.32 bits per heavy atom. The van der Waals surface area contributed by atoms with E-state index in [-0.39, 0.29) is 22.6 Å². The molecule has 2 unspecified atom stereocenters. The molecule has 106 valence electrons. The molecule has 1 aromatic carbocycles. The van der Waals surface area contributed by atoms with E-state index in [0.717, 1.165) is 5.56 Å². The van der Waals surface area contributed by atoms with Gasteiger partial charge in [-0.1, -0.05) is 13.8 Å². The van der Waals surface area contributed by atoms with Crippen LogP contribution in [0.25, 0.3) is 0 Å². The highest BCUT2D eigenvalue weighted by atomic mass is 16.6. The van der Waals surface area contributed by atoms with Gasteiger partial charge in [0.05, 0.1) is 18.1 Å². The molecular weight excluding hydrogens is 244 g/mol. The van der Waals surface area contributed by atoms with Crippen LogP contribution in [-0.4, -0.2) is 25.1 Å². The molecule has 0 aliphatic carbocycles. The van der Waals surface area contributed by atoms with Gasteiger partial charge in [-0.2, -0.15) is 0 Å². The largest absolute Gasteiger partial charge is 0.497 e. The van der Waals surface area contributed by atoms with Crippen LogP contribution in [0.2, 0.25) is 0 Å². The molecule has 0 saturated carbocycles. The molecule has 1 aromatic rings. The highest BCUT2D eigenvalue weighted by molar-refractivity contribution is 5.48. The van der Waals surface area contributed by atoms with Crippen molar-refractivity contribution in [3.05, 3.63) is 33.9 Å². The highest BCUT2D eigenvalue weighted by Gasteiger charge is 2.28. The zero-order valence-corrected chi connectivity index (χ0v) is 12.1. The van der Waals surface area contributed by atoms with Crippen LogP contribution < -0.4 is 10.1 Å². The first-order chi connectivity index (χ1) is 8.92. The molecule has 0 amide bonds. The van der Waals surface area contributed by atoms with Crippen LogP contribution in [0.15, 0.2) is 18.2 Å². The van der Waals surface area contributed by atoms with Crippen LogP contribution in [-0.2, 0) is 0 Å². The monoisotopic (exact) mass is 266 g/mol. The third-order valence-corrected chi connectivity index (χ3v) is 3.51. The van der Waals surface area contributed by atoms with Crippen molar-refractivity contribution in [2.24, 2.45) is 5.92 Å². The normalized spacial score (nSPS) is 14.2. The molecule has 1 rings (SSSR count). The van der Waals surface area contributed by atoms with Gasteiger partial charge < -0.3 is 10.1 Å². The van der Waals surface area contributed by atoms with Crippen molar-refractivity contribution >= 4 is 5.69 Å². The lowest BCUT2D eigenvalue weighted by atomic mass is 9.82. The first-order valence-corrected chi connectivity index (χ1v) is 6.42. The Morgan fingerprint density at radius 2 is 1.95 bits per heavy atom. The van der Waals surface area contributed by atoms with Gasteiger partial charge >= 0.3 is 0 Å². The lowest BCUT2D eigenvalue weighted by molar-refractivity contribution is -0.385. The summed E-state index contributed by atoms with van der Waals surface area (Å²) in [7, 11) is 3.38. The Bertz CT molecular complexity index is 446. The molecule has 0 heterocycles. The van der Waals surface area contributed by atoms with Crippen molar-refractivity contribution in [2.45, 2.75) is 32.7 Å². The Kier molecular flexibility index (Phi) is 5.30. The molecule has 5 heteroatoms. The van der Waals surface area contributed by atoms with Crippen LogP contribution in [0.3, 0.4) is 0 Å². The fourth-order valence-electron chi connectivity index (χ4n) is 2.48. The minimum atomic E-state index is -0.338. The van der Waals surface area contributed by atoms with Crippen LogP contribution in [0, 0.1) is 16.0 Å². The number of hydrogen-bond donors (Lipinski definition) is 1. The number of benzene rings is 1. The van der Waals surface area contributed by atoms with Gasteiger partial charge in [-0.15, -0.1) is 0 Å². The maximum atomic E-state index is 11.3. The molecule has 0 saturated heterocycles. The predicted octanol–water partition coefficient (Wildman–Crippen LogP) is 2.95. The van der Waals surface area contributed by atoms with Crippen LogP contribution in [0.5, 0.6) is 5.75 Å².